The van der Waals surface area contributed by atoms with Gasteiger partial charge in [0.25, 0.3) is 5.56 Å². The summed E-state index contributed by atoms with van der Waals surface area (Å²) in [6.07, 6.45) is -2.90. The number of nitrogens with zero attached hydrogens (tertiary/aromatic N) is 5. The van der Waals surface area contributed by atoms with Gasteiger partial charge in [-0.2, -0.15) is 37.0 Å². The first-order chi connectivity index (χ1) is 18.0. The van der Waals surface area contributed by atoms with Crippen LogP contribution in [0.1, 0.15) is 5.69 Å². The van der Waals surface area contributed by atoms with Crippen LogP contribution in [-0.2, 0) is 7.05 Å². The summed E-state index contributed by atoms with van der Waals surface area (Å²) in [4.78, 5) is 20.8. The van der Waals surface area contributed by atoms with Crippen LogP contribution < -0.4 is 15.6 Å². The van der Waals surface area contributed by atoms with Gasteiger partial charge in [0.15, 0.2) is 5.82 Å². The lowest BCUT2D eigenvalue weighted by atomic mass is 10.0. The summed E-state index contributed by atoms with van der Waals surface area (Å²) in [6, 6.07) is 12.7. The van der Waals surface area contributed by atoms with Gasteiger partial charge in [0.1, 0.15) is 12.3 Å². The third-order valence-electron chi connectivity index (χ3n) is 5.94. The van der Waals surface area contributed by atoms with Gasteiger partial charge >= 0.3 is 12.8 Å². The van der Waals surface area contributed by atoms with E-state index in [2.05, 4.69) is 19.8 Å². The van der Waals surface area contributed by atoms with Gasteiger partial charge in [0.05, 0.1) is 11.1 Å². The molecule has 196 valence electrons. The number of aromatic nitrogens is 5. The highest BCUT2D eigenvalue weighted by Crippen LogP contribution is 2.32. The van der Waals surface area contributed by atoms with E-state index in [0.717, 1.165) is 22.2 Å². The van der Waals surface area contributed by atoms with E-state index < -0.39 is 30.8 Å². The number of benzene rings is 2. The first-order valence-corrected chi connectivity index (χ1v) is 11.2. The Kier molecular flexibility index (Phi) is 6.21. The van der Waals surface area contributed by atoms with E-state index in [-0.39, 0.29) is 17.1 Å². The Labute approximate surface area is 211 Å². The van der Waals surface area contributed by atoms with Crippen molar-refractivity contribution in [1.29, 1.82) is 0 Å². The molecule has 5 rings (SSSR count). The first-order valence-electron chi connectivity index (χ1n) is 11.2. The smallest absolute Gasteiger partial charge is 0.405 e. The molecule has 0 atom stereocenters. The fourth-order valence-corrected chi connectivity index (χ4v) is 4.05. The summed E-state index contributed by atoms with van der Waals surface area (Å²) >= 11 is 0. The predicted octanol–water partition coefficient (Wildman–Crippen LogP) is 5.17. The van der Waals surface area contributed by atoms with E-state index in [0.29, 0.717) is 11.3 Å². The molecule has 2 aromatic carbocycles. The Morgan fingerprint density at radius 3 is 2.45 bits per heavy atom. The molecule has 0 bridgehead atoms. The number of aryl methyl sites for hydroxylation is 2. The normalized spacial score (nSPS) is 12.0. The van der Waals surface area contributed by atoms with Crippen molar-refractivity contribution in [2.24, 2.45) is 7.05 Å². The zero-order valence-corrected chi connectivity index (χ0v) is 19.9. The highest BCUT2D eigenvalue weighted by Gasteiger charge is 2.28. The summed E-state index contributed by atoms with van der Waals surface area (Å²) in [7, 11) is 1.83. The van der Waals surface area contributed by atoms with Crippen LogP contribution >= 0.6 is 0 Å². The minimum absolute atomic E-state index is 0.0274. The molecule has 2 aliphatic heterocycles. The Morgan fingerprint density at radius 2 is 1.76 bits per heavy atom. The molecule has 3 heterocycles. The molecule has 1 aromatic heterocycles. The topological polar surface area (TPSA) is 86.9 Å². The van der Waals surface area contributed by atoms with E-state index in [1.54, 1.807) is 16.9 Å². The second-order valence-corrected chi connectivity index (χ2v) is 8.47. The van der Waals surface area contributed by atoms with Gasteiger partial charge in [0.2, 0.25) is 5.95 Å². The molecule has 0 aliphatic carbocycles. The average molecular weight is 530 g/mol. The maximum atomic E-state index is 12.9. The fourth-order valence-electron chi connectivity index (χ4n) is 4.05. The van der Waals surface area contributed by atoms with Crippen LogP contribution in [-0.4, -0.2) is 43.6 Å². The van der Waals surface area contributed by atoms with E-state index in [1.165, 1.54) is 28.8 Å². The number of ether oxygens (including phenoxy) is 1. The molecule has 0 spiro atoms. The zero-order valence-electron chi connectivity index (χ0n) is 19.9. The molecule has 0 amide bonds. The lowest BCUT2D eigenvalue weighted by Crippen LogP contribution is -2.25. The quantitative estimate of drug-likeness (QED) is 0.305. The lowest BCUT2D eigenvalue weighted by molar-refractivity contribution is -0.115. The fraction of sp³-hybridized carbons (Fsp3) is 0.200. The van der Waals surface area contributed by atoms with Gasteiger partial charge in [0, 0.05) is 30.0 Å². The number of anilines is 1. The van der Waals surface area contributed by atoms with Crippen molar-refractivity contribution in [3.05, 3.63) is 70.8 Å². The molecular weight excluding hydrogens is 511 g/mol. The first kappa shape index (κ1) is 25.1. The van der Waals surface area contributed by atoms with Gasteiger partial charge in [-0.1, -0.05) is 6.07 Å². The summed E-state index contributed by atoms with van der Waals surface area (Å²) in [5.41, 5.74) is 2.70. The van der Waals surface area contributed by atoms with Crippen molar-refractivity contribution in [3.63, 3.8) is 0 Å². The number of rotatable bonds is 6. The molecule has 1 N–H and O–H groups in total. The van der Waals surface area contributed by atoms with E-state index in [4.69, 9.17) is 0 Å². The second kappa shape index (κ2) is 9.39. The number of halogens is 5. The third kappa shape index (κ3) is 4.99. The van der Waals surface area contributed by atoms with Crippen molar-refractivity contribution in [2.45, 2.75) is 19.7 Å². The van der Waals surface area contributed by atoms with Crippen LogP contribution in [0, 0.1) is 6.92 Å². The molecule has 3 aromatic rings. The molecular formula is C25H19F5N6O2. The molecule has 38 heavy (non-hydrogen) atoms. The number of hydrogen-bond donors (Lipinski definition) is 1. The summed E-state index contributed by atoms with van der Waals surface area (Å²) in [6.45, 7) is -2.52. The number of hydrogen-bond acceptors (Lipinski definition) is 6. The molecule has 0 radical (unpaired) electrons. The number of alkyl halides is 5. The van der Waals surface area contributed by atoms with Gasteiger partial charge in [-0.25, -0.2) is 0 Å². The predicted molar refractivity (Wildman–Crippen MR) is 130 cm³/mol. The highest BCUT2D eigenvalue weighted by molar-refractivity contribution is 5.87. The second-order valence-electron chi connectivity index (χ2n) is 8.47. The van der Waals surface area contributed by atoms with Crippen LogP contribution in [0.4, 0.5) is 27.9 Å². The van der Waals surface area contributed by atoms with Crippen molar-refractivity contribution in [2.75, 3.05) is 11.9 Å². The highest BCUT2D eigenvalue weighted by atomic mass is 19.4. The summed E-state index contributed by atoms with van der Waals surface area (Å²) in [5, 5.41) is 7.37. The number of fused-ring (bicyclic) bond motifs is 2. The van der Waals surface area contributed by atoms with Crippen molar-refractivity contribution in [3.8, 4) is 34.0 Å². The summed E-state index contributed by atoms with van der Waals surface area (Å²) < 4.78 is 71.1. The third-order valence-corrected chi connectivity index (χ3v) is 5.94. The van der Waals surface area contributed by atoms with Crippen LogP contribution in [0.2, 0.25) is 0 Å². The maximum absolute atomic E-state index is 12.9. The molecule has 2 aliphatic rings. The molecule has 0 unspecified atom stereocenters. The molecule has 0 saturated carbocycles. The van der Waals surface area contributed by atoms with Gasteiger partial charge in [-0.3, -0.25) is 9.48 Å². The van der Waals surface area contributed by atoms with Crippen LogP contribution in [0.15, 0.2) is 59.5 Å². The maximum Gasteiger partial charge on any atom is 0.405 e. The van der Waals surface area contributed by atoms with Crippen molar-refractivity contribution >= 4 is 16.9 Å². The monoisotopic (exact) mass is 530 g/mol. The standard InChI is InChI=1S/C25H19F5N6O2/c1-13-18-9-14(3-8-20(18)34-35(13)2)15-10-19-21(32-24(33-22(19)37)31-12-25(28,29)30)36(11-15)16-4-6-17(7-5-16)38-23(26)27/h3-11,23H,12H2,1-2H3,(H,31,33,37). The van der Waals surface area contributed by atoms with E-state index in [1.807, 2.05) is 37.5 Å². The molecule has 13 heteroatoms. The Hall–Kier alpha value is -4.55. The number of nitrogens with one attached hydrogen (secondary N) is 1. The molecule has 8 nitrogen and oxygen atoms in total. The van der Waals surface area contributed by atoms with Gasteiger partial charge in [-0.15, -0.1) is 0 Å². The lowest BCUT2D eigenvalue weighted by Gasteiger charge is -2.18. The van der Waals surface area contributed by atoms with Gasteiger partial charge < -0.3 is 14.6 Å². The van der Waals surface area contributed by atoms with Crippen molar-refractivity contribution < 1.29 is 26.7 Å². The van der Waals surface area contributed by atoms with E-state index in [9.17, 15) is 26.7 Å². The summed E-state index contributed by atoms with van der Waals surface area (Å²) in [5.74, 6) is -0.556. The Bertz CT molecular complexity index is 1660. The van der Waals surface area contributed by atoms with Crippen LogP contribution in [0.25, 0.3) is 39.1 Å². The minimum atomic E-state index is -4.55. The van der Waals surface area contributed by atoms with Crippen molar-refractivity contribution in [1.82, 2.24) is 24.3 Å². The van der Waals surface area contributed by atoms with E-state index >= 15 is 0 Å². The average Bonchev–Trinajstić information content (AvgIpc) is 3.15. The minimum Gasteiger partial charge on any atom is -0.435 e. The SMILES string of the molecule is Cc1c2cc(-c3cc4c(=O)nc(NCC(F)(F)F)nc-4n(-c4ccc(OC(F)F)cc4)c3)ccc2nn1C. The van der Waals surface area contributed by atoms with Gasteiger partial charge in [-0.05, 0) is 60.5 Å². The molecule has 0 fully saturated rings. The van der Waals surface area contributed by atoms with Crippen LogP contribution in [0.5, 0.6) is 5.75 Å². The molecule has 0 saturated heterocycles. The Balaban J connectivity index is 1.69. The largest absolute Gasteiger partial charge is 0.435 e. The Morgan fingerprint density at radius 1 is 1.03 bits per heavy atom. The number of pyridine rings is 1. The zero-order chi connectivity index (χ0) is 27.2. The van der Waals surface area contributed by atoms with Crippen LogP contribution in [0.3, 0.4) is 0 Å².